The minimum absolute atomic E-state index is 0.0855. The van der Waals surface area contributed by atoms with Gasteiger partial charge < -0.3 is 9.74 Å². The molecule has 0 aliphatic heterocycles. The number of carbonyl (C=O) groups is 1. The number of rotatable bonds is 7. The Hall–Kier alpha value is -2.98. The summed E-state index contributed by atoms with van der Waals surface area (Å²) in [6.45, 7) is 2.05. The van der Waals surface area contributed by atoms with E-state index in [1.54, 1.807) is 24.9 Å². The van der Waals surface area contributed by atoms with E-state index in [4.69, 9.17) is 4.84 Å². The fourth-order valence-corrected chi connectivity index (χ4v) is 3.69. The molecular formula is C19H23N5O4S. The molecule has 1 amide bonds. The van der Waals surface area contributed by atoms with Crippen molar-refractivity contribution in [1.29, 1.82) is 0 Å². The van der Waals surface area contributed by atoms with Crippen LogP contribution in [0, 0.1) is 0 Å². The first-order valence-electron chi connectivity index (χ1n) is 8.94. The summed E-state index contributed by atoms with van der Waals surface area (Å²) in [5.41, 5.74) is 1.82. The number of benzene rings is 2. The molecule has 29 heavy (non-hydrogen) atoms. The van der Waals surface area contributed by atoms with Gasteiger partial charge in [-0.15, -0.1) is 5.10 Å². The van der Waals surface area contributed by atoms with E-state index in [1.807, 2.05) is 30.3 Å². The molecule has 0 fully saturated rings. The van der Waals surface area contributed by atoms with E-state index in [0.29, 0.717) is 17.6 Å². The van der Waals surface area contributed by atoms with Crippen LogP contribution in [-0.2, 0) is 21.4 Å². The van der Waals surface area contributed by atoms with Crippen molar-refractivity contribution in [3.8, 4) is 0 Å². The summed E-state index contributed by atoms with van der Waals surface area (Å²) in [6, 6.07) is 14.0. The van der Waals surface area contributed by atoms with Crippen LogP contribution in [0.25, 0.3) is 11.0 Å². The molecule has 1 heterocycles. The lowest BCUT2D eigenvalue weighted by molar-refractivity contribution is -0.142. The maximum Gasteiger partial charge on any atom is 0.266 e. The van der Waals surface area contributed by atoms with Crippen LogP contribution in [0.2, 0.25) is 0 Å². The molecule has 10 heteroatoms. The van der Waals surface area contributed by atoms with Gasteiger partial charge in [0.25, 0.3) is 5.91 Å². The van der Waals surface area contributed by atoms with Gasteiger partial charge in [0.1, 0.15) is 11.0 Å². The predicted molar refractivity (Wildman–Crippen MR) is 107 cm³/mol. The van der Waals surface area contributed by atoms with Gasteiger partial charge in [0.05, 0.1) is 4.90 Å². The molecule has 3 aromatic rings. The van der Waals surface area contributed by atoms with Crippen LogP contribution in [0.3, 0.4) is 0 Å². The second-order valence-corrected chi connectivity index (χ2v) is 8.98. The minimum atomic E-state index is -3.62. The van der Waals surface area contributed by atoms with Gasteiger partial charge in [0.2, 0.25) is 16.1 Å². The van der Waals surface area contributed by atoms with Crippen molar-refractivity contribution in [2.75, 3.05) is 21.1 Å². The number of fused-ring (bicyclic) bond motifs is 1. The molecule has 154 valence electrons. The van der Waals surface area contributed by atoms with E-state index in [1.165, 1.54) is 26.2 Å². The number of nitrogens with zero attached hydrogens (tertiary/aromatic N) is 5. The highest BCUT2D eigenvalue weighted by Crippen LogP contribution is 2.19. The minimum Gasteiger partial charge on any atom is -0.382 e. The van der Waals surface area contributed by atoms with E-state index >= 15 is 0 Å². The molecule has 0 saturated carbocycles. The molecular weight excluding hydrogens is 394 g/mol. The van der Waals surface area contributed by atoms with Gasteiger partial charge in [-0.1, -0.05) is 35.2 Å². The number of carbonyl (C=O) groups excluding carboxylic acids is 1. The summed E-state index contributed by atoms with van der Waals surface area (Å²) in [4.78, 5) is 21.1. The van der Waals surface area contributed by atoms with Crippen molar-refractivity contribution in [2.45, 2.75) is 24.5 Å². The van der Waals surface area contributed by atoms with E-state index in [2.05, 4.69) is 10.3 Å². The molecule has 9 nitrogen and oxygen atoms in total. The summed E-state index contributed by atoms with van der Waals surface area (Å²) < 4.78 is 25.9. The van der Waals surface area contributed by atoms with Crippen LogP contribution in [0.5, 0.6) is 0 Å². The summed E-state index contributed by atoms with van der Waals surface area (Å²) in [7, 11) is 0.975. The summed E-state index contributed by atoms with van der Waals surface area (Å²) in [6.07, 6.45) is -0.845. The molecule has 0 spiro atoms. The lowest BCUT2D eigenvalue weighted by Gasteiger charge is -2.21. The van der Waals surface area contributed by atoms with Gasteiger partial charge >= 0.3 is 0 Å². The average molecular weight is 417 g/mol. The lowest BCUT2D eigenvalue weighted by Crippen LogP contribution is -2.40. The first kappa shape index (κ1) is 20.7. The Labute approximate surface area is 169 Å². The Balaban J connectivity index is 1.79. The van der Waals surface area contributed by atoms with Gasteiger partial charge in [-0.3, -0.25) is 4.79 Å². The molecule has 0 aliphatic carbocycles. The second kappa shape index (κ2) is 8.18. The highest BCUT2D eigenvalue weighted by Gasteiger charge is 2.23. The van der Waals surface area contributed by atoms with E-state index in [-0.39, 0.29) is 10.8 Å². The molecule has 0 N–H and O–H groups in total. The zero-order valence-corrected chi connectivity index (χ0v) is 17.5. The summed E-state index contributed by atoms with van der Waals surface area (Å²) in [5.74, 6) is -0.241. The van der Waals surface area contributed by atoms with Crippen molar-refractivity contribution in [3.63, 3.8) is 0 Å². The SMILES string of the molecule is C[C@@H](On1nnc2ccc(S(=O)(=O)N(C)C)cc21)C(=O)N(C)Cc1ccccc1. The van der Waals surface area contributed by atoms with Gasteiger partial charge in [-0.25, -0.2) is 12.7 Å². The largest absolute Gasteiger partial charge is 0.382 e. The number of hydrogen-bond acceptors (Lipinski definition) is 6. The van der Waals surface area contributed by atoms with Crippen molar-refractivity contribution in [1.82, 2.24) is 24.4 Å². The van der Waals surface area contributed by atoms with Crippen LogP contribution in [0.1, 0.15) is 12.5 Å². The molecule has 1 aromatic heterocycles. The van der Waals surface area contributed by atoms with Crippen LogP contribution in [0.15, 0.2) is 53.4 Å². The first-order chi connectivity index (χ1) is 13.7. The highest BCUT2D eigenvalue weighted by atomic mass is 32.2. The molecule has 0 radical (unpaired) electrons. The van der Waals surface area contributed by atoms with E-state index < -0.39 is 16.1 Å². The molecule has 3 rings (SSSR count). The predicted octanol–water partition coefficient (Wildman–Crippen LogP) is 1.16. The van der Waals surface area contributed by atoms with Crippen LogP contribution >= 0.6 is 0 Å². The molecule has 2 aromatic carbocycles. The Morgan fingerprint density at radius 1 is 1.14 bits per heavy atom. The van der Waals surface area contributed by atoms with Gasteiger partial charge in [-0.05, 0) is 35.9 Å². The molecule has 0 aliphatic rings. The Kier molecular flexibility index (Phi) is 5.85. The number of aromatic nitrogens is 3. The number of sulfonamides is 1. The summed E-state index contributed by atoms with van der Waals surface area (Å²) >= 11 is 0. The number of hydrogen-bond donors (Lipinski definition) is 0. The monoisotopic (exact) mass is 417 g/mol. The normalized spacial score (nSPS) is 12.9. The summed E-state index contributed by atoms with van der Waals surface area (Å²) in [5, 5.41) is 7.86. The van der Waals surface area contributed by atoms with Crippen molar-refractivity contribution in [2.24, 2.45) is 0 Å². The standard InChI is InChI=1S/C19H23N5O4S/c1-14(19(25)23(4)13-15-8-6-5-7-9-15)28-24-18-12-16(29(26,27)22(2)3)10-11-17(18)20-21-24/h5-12,14H,13H2,1-4H3/t14-/m1/s1. The molecule has 0 bridgehead atoms. The van der Waals surface area contributed by atoms with Gasteiger partial charge in [0.15, 0.2) is 0 Å². The third-order valence-corrected chi connectivity index (χ3v) is 6.22. The zero-order chi connectivity index (χ0) is 21.2. The second-order valence-electron chi connectivity index (χ2n) is 6.83. The van der Waals surface area contributed by atoms with Crippen LogP contribution in [-0.4, -0.2) is 65.9 Å². The third kappa shape index (κ3) is 4.38. The number of amides is 1. The smallest absolute Gasteiger partial charge is 0.266 e. The topological polar surface area (TPSA) is 97.6 Å². The van der Waals surface area contributed by atoms with E-state index in [9.17, 15) is 13.2 Å². The zero-order valence-electron chi connectivity index (χ0n) is 16.7. The van der Waals surface area contributed by atoms with Crippen molar-refractivity contribution < 1.29 is 18.0 Å². The quantitative estimate of drug-likeness (QED) is 0.572. The molecule has 1 atom stereocenters. The van der Waals surface area contributed by atoms with Crippen LogP contribution < -0.4 is 4.84 Å². The fraction of sp³-hybridized carbons (Fsp3) is 0.316. The average Bonchev–Trinajstić information content (AvgIpc) is 3.10. The van der Waals surface area contributed by atoms with Crippen molar-refractivity contribution in [3.05, 3.63) is 54.1 Å². The maximum atomic E-state index is 12.7. The Bertz CT molecular complexity index is 1110. The Morgan fingerprint density at radius 2 is 1.83 bits per heavy atom. The van der Waals surface area contributed by atoms with E-state index in [0.717, 1.165) is 14.7 Å². The lowest BCUT2D eigenvalue weighted by atomic mass is 10.2. The maximum absolute atomic E-state index is 12.7. The molecule has 0 saturated heterocycles. The number of likely N-dealkylation sites (N-methyl/N-ethyl adjacent to an activating group) is 1. The fourth-order valence-electron chi connectivity index (χ4n) is 2.77. The van der Waals surface area contributed by atoms with Crippen LogP contribution in [0.4, 0.5) is 0 Å². The third-order valence-electron chi connectivity index (χ3n) is 4.41. The highest BCUT2D eigenvalue weighted by molar-refractivity contribution is 7.89. The molecule has 0 unspecified atom stereocenters. The first-order valence-corrected chi connectivity index (χ1v) is 10.4. The van der Waals surface area contributed by atoms with Gasteiger partial charge in [0, 0.05) is 27.7 Å². The van der Waals surface area contributed by atoms with Crippen molar-refractivity contribution >= 4 is 27.0 Å². The Morgan fingerprint density at radius 3 is 2.48 bits per heavy atom. The van der Waals surface area contributed by atoms with Gasteiger partial charge in [-0.2, -0.15) is 0 Å².